The summed E-state index contributed by atoms with van der Waals surface area (Å²) in [5.74, 6) is -0.644. The Bertz CT molecular complexity index is 1040. The molecule has 1 fully saturated rings. The number of aliphatic hydroxyl groups excluding tert-OH is 1. The zero-order valence-corrected chi connectivity index (χ0v) is 20.2. The summed E-state index contributed by atoms with van der Waals surface area (Å²) in [7, 11) is 3.84. The van der Waals surface area contributed by atoms with Gasteiger partial charge >= 0.3 is 0 Å². The monoisotopic (exact) mass is 450 g/mol. The van der Waals surface area contributed by atoms with E-state index in [-0.39, 0.29) is 11.3 Å². The number of ether oxygens (including phenoxy) is 1. The second-order valence-electron chi connectivity index (χ2n) is 8.89. The molecule has 1 aliphatic rings. The topological polar surface area (TPSA) is 70.1 Å². The van der Waals surface area contributed by atoms with Crippen molar-refractivity contribution >= 4 is 17.4 Å². The van der Waals surface area contributed by atoms with Crippen LogP contribution in [0, 0.1) is 13.8 Å². The summed E-state index contributed by atoms with van der Waals surface area (Å²) < 4.78 is 5.82. The predicted octanol–water partition coefficient (Wildman–Crippen LogP) is 4.47. The maximum absolute atomic E-state index is 13.1. The lowest BCUT2D eigenvalue weighted by atomic mass is 9.94. The number of hydrogen-bond acceptors (Lipinski definition) is 5. The molecule has 1 heterocycles. The number of hydrogen-bond donors (Lipinski definition) is 1. The molecule has 0 aliphatic carbocycles. The highest BCUT2D eigenvalue weighted by Crippen LogP contribution is 2.39. The van der Waals surface area contributed by atoms with Gasteiger partial charge in [-0.05, 0) is 63.7 Å². The number of carbonyl (C=O) groups is 2. The first-order chi connectivity index (χ1) is 15.7. The molecule has 1 amide bonds. The first-order valence-corrected chi connectivity index (χ1v) is 11.5. The highest BCUT2D eigenvalue weighted by Gasteiger charge is 2.45. The van der Waals surface area contributed by atoms with Crippen LogP contribution in [0.25, 0.3) is 5.76 Å². The lowest BCUT2D eigenvalue weighted by molar-refractivity contribution is -0.140. The Morgan fingerprint density at radius 2 is 1.79 bits per heavy atom. The molecule has 0 aromatic heterocycles. The average molecular weight is 451 g/mol. The zero-order valence-electron chi connectivity index (χ0n) is 20.2. The van der Waals surface area contributed by atoms with Crippen molar-refractivity contribution in [3.63, 3.8) is 0 Å². The summed E-state index contributed by atoms with van der Waals surface area (Å²) in [6.45, 7) is 7.63. The van der Waals surface area contributed by atoms with Gasteiger partial charge in [0, 0.05) is 18.7 Å². The Morgan fingerprint density at radius 3 is 2.39 bits per heavy atom. The summed E-state index contributed by atoms with van der Waals surface area (Å²) in [6.07, 6.45) is 2.01. The number of aliphatic hydroxyl groups is 1. The van der Waals surface area contributed by atoms with E-state index in [2.05, 4.69) is 6.92 Å². The maximum Gasteiger partial charge on any atom is 0.295 e. The van der Waals surface area contributed by atoms with Crippen molar-refractivity contribution < 1.29 is 19.4 Å². The quantitative estimate of drug-likeness (QED) is 0.264. The van der Waals surface area contributed by atoms with Crippen LogP contribution in [-0.2, 0) is 9.59 Å². The largest absolute Gasteiger partial charge is 0.507 e. The number of likely N-dealkylation sites (tertiary alicyclic amines) is 1. The minimum Gasteiger partial charge on any atom is -0.507 e. The second-order valence-corrected chi connectivity index (χ2v) is 8.89. The van der Waals surface area contributed by atoms with Crippen molar-refractivity contribution in [3.8, 4) is 5.75 Å². The van der Waals surface area contributed by atoms with Crippen molar-refractivity contribution in [2.24, 2.45) is 0 Å². The summed E-state index contributed by atoms with van der Waals surface area (Å²) in [6, 6.07) is 12.4. The second kappa shape index (κ2) is 10.7. The highest BCUT2D eigenvalue weighted by molar-refractivity contribution is 6.46. The van der Waals surface area contributed by atoms with Crippen LogP contribution in [-0.4, -0.2) is 60.4 Å². The number of carbonyl (C=O) groups excluding carboxylic acids is 2. The normalized spacial score (nSPS) is 17.8. The molecule has 0 radical (unpaired) electrons. The Labute approximate surface area is 196 Å². The maximum atomic E-state index is 13.1. The van der Waals surface area contributed by atoms with Crippen molar-refractivity contribution in [3.05, 3.63) is 70.3 Å². The third-order valence-corrected chi connectivity index (χ3v) is 5.92. The van der Waals surface area contributed by atoms with E-state index in [0.717, 1.165) is 35.3 Å². The molecule has 2 aromatic rings. The van der Waals surface area contributed by atoms with Crippen molar-refractivity contribution in [2.75, 3.05) is 33.8 Å². The number of ketones is 1. The van der Waals surface area contributed by atoms with Gasteiger partial charge in [0.1, 0.15) is 11.5 Å². The summed E-state index contributed by atoms with van der Waals surface area (Å²) in [5.41, 5.74) is 3.37. The summed E-state index contributed by atoms with van der Waals surface area (Å²) >= 11 is 0. The van der Waals surface area contributed by atoms with E-state index in [1.54, 1.807) is 17.0 Å². The first kappa shape index (κ1) is 24.5. The zero-order chi connectivity index (χ0) is 24.1. The molecular formula is C27H34N2O4. The Morgan fingerprint density at radius 1 is 1.09 bits per heavy atom. The van der Waals surface area contributed by atoms with E-state index in [1.165, 1.54) is 0 Å². The van der Waals surface area contributed by atoms with Gasteiger partial charge in [-0.25, -0.2) is 0 Å². The first-order valence-electron chi connectivity index (χ1n) is 11.5. The Hall–Kier alpha value is -3.12. The number of nitrogens with zero attached hydrogens (tertiary/aromatic N) is 2. The van der Waals surface area contributed by atoms with Crippen LogP contribution in [0.5, 0.6) is 5.75 Å². The van der Waals surface area contributed by atoms with Gasteiger partial charge in [0.25, 0.3) is 11.7 Å². The van der Waals surface area contributed by atoms with E-state index in [1.807, 2.05) is 63.2 Å². The van der Waals surface area contributed by atoms with E-state index in [9.17, 15) is 14.7 Å². The van der Waals surface area contributed by atoms with Crippen LogP contribution in [0.15, 0.2) is 48.0 Å². The van der Waals surface area contributed by atoms with Gasteiger partial charge < -0.3 is 19.6 Å². The summed E-state index contributed by atoms with van der Waals surface area (Å²) in [5, 5.41) is 11.2. The van der Waals surface area contributed by atoms with Crippen LogP contribution >= 0.6 is 0 Å². The minimum absolute atomic E-state index is 0.127. The molecule has 2 aromatic carbocycles. The average Bonchev–Trinajstić information content (AvgIpc) is 3.03. The van der Waals surface area contributed by atoms with E-state index >= 15 is 0 Å². The number of aryl methyl sites for hydroxylation is 2. The van der Waals surface area contributed by atoms with Crippen molar-refractivity contribution in [1.82, 2.24) is 9.80 Å². The van der Waals surface area contributed by atoms with Gasteiger partial charge in [0.2, 0.25) is 0 Å². The van der Waals surface area contributed by atoms with Crippen LogP contribution in [0.2, 0.25) is 0 Å². The SMILES string of the molecule is CCCCOc1ccc(/C(O)=C2\C(=O)C(=O)N(CCN(C)C)[C@@H]2c2ccc(C)cc2)cc1C. The molecule has 1 atom stereocenters. The van der Waals surface area contributed by atoms with Gasteiger partial charge in [-0.15, -0.1) is 0 Å². The molecule has 0 saturated carbocycles. The number of benzene rings is 2. The standard InChI is InChI=1S/C27H34N2O4/c1-6-7-16-33-22-13-12-21(17-19(22)3)25(30)23-24(20-10-8-18(2)9-11-20)29(15-14-28(4)5)27(32)26(23)31/h8-13,17,24,30H,6-7,14-16H2,1-5H3/b25-23+/t24-/m1/s1. The van der Waals surface area contributed by atoms with E-state index in [0.29, 0.717) is 25.3 Å². The van der Waals surface area contributed by atoms with Crippen LogP contribution < -0.4 is 4.74 Å². The molecule has 0 spiro atoms. The fourth-order valence-electron chi connectivity index (χ4n) is 3.95. The van der Waals surface area contributed by atoms with Crippen LogP contribution in [0.1, 0.15) is 48.1 Å². The number of Topliss-reactive ketones (excluding diaryl/α,β-unsaturated/α-hetero) is 1. The number of rotatable bonds is 9. The summed E-state index contributed by atoms with van der Waals surface area (Å²) in [4.78, 5) is 29.6. The number of likely N-dealkylation sites (N-methyl/N-ethyl adjacent to an activating group) is 1. The molecule has 0 unspecified atom stereocenters. The van der Waals surface area contributed by atoms with Gasteiger partial charge in [0.15, 0.2) is 0 Å². The Balaban J connectivity index is 2.04. The van der Waals surface area contributed by atoms with E-state index < -0.39 is 17.7 Å². The predicted molar refractivity (Wildman–Crippen MR) is 130 cm³/mol. The fourth-order valence-corrected chi connectivity index (χ4v) is 3.95. The lowest BCUT2D eigenvalue weighted by Gasteiger charge is -2.26. The molecule has 3 rings (SSSR count). The minimum atomic E-state index is -0.655. The number of unbranched alkanes of at least 4 members (excludes halogenated alkanes) is 1. The van der Waals surface area contributed by atoms with Gasteiger partial charge in [0.05, 0.1) is 18.2 Å². The van der Waals surface area contributed by atoms with E-state index in [4.69, 9.17) is 4.74 Å². The molecular weight excluding hydrogens is 416 g/mol. The molecule has 176 valence electrons. The van der Waals surface area contributed by atoms with Gasteiger partial charge in [-0.3, -0.25) is 9.59 Å². The third kappa shape index (κ3) is 5.45. The fraction of sp³-hybridized carbons (Fsp3) is 0.407. The number of amides is 1. The molecule has 6 heteroatoms. The molecule has 0 bridgehead atoms. The molecule has 1 N–H and O–H groups in total. The molecule has 33 heavy (non-hydrogen) atoms. The van der Waals surface area contributed by atoms with Crippen LogP contribution in [0.3, 0.4) is 0 Å². The van der Waals surface area contributed by atoms with Crippen LogP contribution in [0.4, 0.5) is 0 Å². The van der Waals surface area contributed by atoms with Crippen molar-refractivity contribution in [2.45, 2.75) is 39.7 Å². The lowest BCUT2D eigenvalue weighted by Crippen LogP contribution is -2.35. The molecule has 1 aliphatic heterocycles. The molecule has 6 nitrogen and oxygen atoms in total. The smallest absolute Gasteiger partial charge is 0.295 e. The third-order valence-electron chi connectivity index (χ3n) is 5.92. The Kier molecular flexibility index (Phi) is 7.92. The van der Waals surface area contributed by atoms with Gasteiger partial charge in [-0.1, -0.05) is 43.2 Å². The molecule has 1 saturated heterocycles. The van der Waals surface area contributed by atoms with Gasteiger partial charge in [-0.2, -0.15) is 0 Å². The highest BCUT2D eigenvalue weighted by atomic mass is 16.5. The van der Waals surface area contributed by atoms with Crippen molar-refractivity contribution in [1.29, 1.82) is 0 Å².